The lowest BCUT2D eigenvalue weighted by atomic mass is 10.0. The van der Waals surface area contributed by atoms with Gasteiger partial charge in [-0.3, -0.25) is 4.79 Å². The van der Waals surface area contributed by atoms with Gasteiger partial charge in [-0.25, -0.2) is 9.18 Å². The summed E-state index contributed by atoms with van der Waals surface area (Å²) < 4.78 is 18.2. The molecule has 0 spiro atoms. The highest BCUT2D eigenvalue weighted by atomic mass is 19.1. The molecule has 1 amide bonds. The van der Waals surface area contributed by atoms with E-state index in [2.05, 4.69) is 10.1 Å². The number of ether oxygens (including phenoxy) is 1. The van der Waals surface area contributed by atoms with Gasteiger partial charge in [0.15, 0.2) is 0 Å². The number of nitrogens with one attached hydrogen (secondary N) is 1. The molecule has 1 aromatic carbocycles. The molecule has 0 aliphatic carbocycles. The molecule has 0 fully saturated rings. The first-order valence-corrected chi connectivity index (χ1v) is 5.57. The third-order valence-electron chi connectivity index (χ3n) is 2.47. The summed E-state index contributed by atoms with van der Waals surface area (Å²) in [6, 6.07) is 8.15. The summed E-state index contributed by atoms with van der Waals surface area (Å²) in [6.45, 7) is 1.28. The van der Waals surface area contributed by atoms with E-state index in [4.69, 9.17) is 0 Å². The van der Waals surface area contributed by atoms with E-state index in [0.717, 1.165) is 12.7 Å². The molecule has 0 bridgehead atoms. The fourth-order valence-electron chi connectivity index (χ4n) is 1.63. The Labute approximate surface area is 105 Å². The van der Waals surface area contributed by atoms with E-state index in [1.54, 1.807) is 12.1 Å². The summed E-state index contributed by atoms with van der Waals surface area (Å²) >= 11 is 0. The standard InChI is InChI=1S/C13H16FNO3/c1-9(16)15-11(12(14)13(17)18-2)8-10-6-4-3-5-7-10/h3-7,11-12H,8H2,1-2H3,(H,15,16)/t11-,12+/m0/s1. The van der Waals surface area contributed by atoms with Crippen LogP contribution in [0.5, 0.6) is 0 Å². The molecule has 0 unspecified atom stereocenters. The van der Waals surface area contributed by atoms with Crippen molar-refractivity contribution in [1.29, 1.82) is 0 Å². The van der Waals surface area contributed by atoms with Gasteiger partial charge >= 0.3 is 5.97 Å². The number of benzene rings is 1. The highest BCUT2D eigenvalue weighted by molar-refractivity contribution is 5.78. The van der Waals surface area contributed by atoms with Crippen LogP contribution in [-0.2, 0) is 20.7 Å². The number of rotatable bonds is 5. The van der Waals surface area contributed by atoms with Crippen molar-refractivity contribution in [2.24, 2.45) is 0 Å². The molecule has 1 N–H and O–H groups in total. The Balaban J connectivity index is 2.78. The normalized spacial score (nSPS) is 13.5. The van der Waals surface area contributed by atoms with Crippen molar-refractivity contribution in [3.8, 4) is 0 Å². The smallest absolute Gasteiger partial charge is 0.342 e. The second kappa shape index (κ2) is 6.74. The Bertz CT molecular complexity index is 408. The zero-order valence-electron chi connectivity index (χ0n) is 10.4. The Morgan fingerprint density at radius 2 is 1.94 bits per heavy atom. The predicted molar refractivity (Wildman–Crippen MR) is 64.7 cm³/mol. The Hall–Kier alpha value is -1.91. The number of methoxy groups -OCH3 is 1. The van der Waals surface area contributed by atoms with Crippen molar-refractivity contribution in [2.45, 2.75) is 25.6 Å². The zero-order valence-corrected chi connectivity index (χ0v) is 10.4. The Kier molecular flexibility index (Phi) is 5.30. The van der Waals surface area contributed by atoms with Gasteiger partial charge < -0.3 is 10.1 Å². The molecule has 0 saturated heterocycles. The van der Waals surface area contributed by atoms with Crippen molar-refractivity contribution in [1.82, 2.24) is 5.32 Å². The predicted octanol–water partition coefficient (Wildman–Crippen LogP) is 1.24. The maximum atomic E-state index is 13.8. The molecule has 0 aliphatic heterocycles. The zero-order chi connectivity index (χ0) is 13.5. The molecule has 2 atom stereocenters. The molecule has 0 aromatic heterocycles. The van der Waals surface area contributed by atoms with Crippen LogP contribution in [-0.4, -0.2) is 31.2 Å². The van der Waals surface area contributed by atoms with Crippen LogP contribution in [0.3, 0.4) is 0 Å². The third kappa shape index (κ3) is 4.16. The molecule has 5 heteroatoms. The summed E-state index contributed by atoms with van der Waals surface area (Å²) in [6.07, 6.45) is -1.64. The van der Waals surface area contributed by atoms with Crippen LogP contribution >= 0.6 is 0 Å². The van der Waals surface area contributed by atoms with Gasteiger partial charge in [0, 0.05) is 6.92 Å². The minimum absolute atomic E-state index is 0.233. The van der Waals surface area contributed by atoms with Crippen molar-refractivity contribution in [2.75, 3.05) is 7.11 Å². The average Bonchev–Trinajstić information content (AvgIpc) is 2.37. The van der Waals surface area contributed by atoms with Crippen molar-refractivity contribution in [3.05, 3.63) is 35.9 Å². The van der Waals surface area contributed by atoms with Crippen LogP contribution in [0.25, 0.3) is 0 Å². The van der Waals surface area contributed by atoms with Gasteiger partial charge in [0.25, 0.3) is 0 Å². The molecule has 18 heavy (non-hydrogen) atoms. The van der Waals surface area contributed by atoms with E-state index in [1.165, 1.54) is 6.92 Å². The second-order valence-electron chi connectivity index (χ2n) is 3.92. The molecule has 0 heterocycles. The number of hydrogen-bond acceptors (Lipinski definition) is 3. The topological polar surface area (TPSA) is 55.4 Å². The van der Waals surface area contributed by atoms with Gasteiger partial charge in [-0.15, -0.1) is 0 Å². The molecule has 4 nitrogen and oxygen atoms in total. The van der Waals surface area contributed by atoms with Gasteiger partial charge in [-0.1, -0.05) is 30.3 Å². The highest BCUT2D eigenvalue weighted by Gasteiger charge is 2.29. The fraction of sp³-hybridized carbons (Fsp3) is 0.385. The lowest BCUT2D eigenvalue weighted by Gasteiger charge is -2.20. The maximum Gasteiger partial charge on any atom is 0.342 e. The summed E-state index contributed by atoms with van der Waals surface area (Å²) in [5, 5.41) is 2.43. The van der Waals surface area contributed by atoms with Gasteiger partial charge in [-0.05, 0) is 12.0 Å². The minimum Gasteiger partial charge on any atom is -0.467 e. The van der Waals surface area contributed by atoms with Crippen LogP contribution in [0.2, 0.25) is 0 Å². The SMILES string of the molecule is COC(=O)[C@H](F)[C@H](Cc1ccccc1)NC(C)=O. The molecule has 1 rings (SSSR count). The van der Waals surface area contributed by atoms with Crippen LogP contribution in [0.4, 0.5) is 4.39 Å². The Morgan fingerprint density at radius 3 is 2.44 bits per heavy atom. The second-order valence-corrected chi connectivity index (χ2v) is 3.92. The maximum absolute atomic E-state index is 13.8. The third-order valence-corrected chi connectivity index (χ3v) is 2.47. The van der Waals surface area contributed by atoms with E-state index >= 15 is 0 Å². The van der Waals surface area contributed by atoms with Crippen molar-refractivity contribution in [3.63, 3.8) is 0 Å². The van der Waals surface area contributed by atoms with Crippen LogP contribution in [0.1, 0.15) is 12.5 Å². The number of carbonyl (C=O) groups excluding carboxylic acids is 2. The first-order valence-electron chi connectivity index (χ1n) is 5.57. The first kappa shape index (κ1) is 14.2. The van der Waals surface area contributed by atoms with Gasteiger partial charge in [0.05, 0.1) is 13.2 Å². The summed E-state index contributed by atoms with van der Waals surface area (Å²) in [5.74, 6) is -1.37. The summed E-state index contributed by atoms with van der Waals surface area (Å²) in [7, 11) is 1.11. The van der Waals surface area contributed by atoms with E-state index in [0.29, 0.717) is 0 Å². The number of halogens is 1. The van der Waals surface area contributed by atoms with E-state index in [9.17, 15) is 14.0 Å². The number of amides is 1. The van der Waals surface area contributed by atoms with Crippen LogP contribution in [0.15, 0.2) is 30.3 Å². The van der Waals surface area contributed by atoms with Crippen molar-refractivity contribution >= 4 is 11.9 Å². The van der Waals surface area contributed by atoms with Gasteiger partial charge in [-0.2, -0.15) is 0 Å². The number of alkyl halides is 1. The lowest BCUT2D eigenvalue weighted by Crippen LogP contribution is -2.45. The lowest BCUT2D eigenvalue weighted by molar-refractivity contribution is -0.147. The minimum atomic E-state index is -1.88. The number of carbonyl (C=O) groups is 2. The van der Waals surface area contributed by atoms with Gasteiger partial charge in [0.1, 0.15) is 0 Å². The first-order chi connectivity index (χ1) is 8.54. The molecule has 0 radical (unpaired) electrons. The summed E-state index contributed by atoms with van der Waals surface area (Å²) in [4.78, 5) is 22.2. The van der Waals surface area contributed by atoms with E-state index in [1.807, 2.05) is 18.2 Å². The average molecular weight is 253 g/mol. The molecule has 0 saturated carbocycles. The molecule has 98 valence electrons. The van der Waals surface area contributed by atoms with Crippen LogP contribution in [0, 0.1) is 0 Å². The summed E-state index contributed by atoms with van der Waals surface area (Å²) in [5.41, 5.74) is 0.836. The molecule has 0 aliphatic rings. The number of hydrogen-bond donors (Lipinski definition) is 1. The monoisotopic (exact) mass is 253 g/mol. The van der Waals surface area contributed by atoms with Gasteiger partial charge in [0.2, 0.25) is 12.1 Å². The van der Waals surface area contributed by atoms with E-state index in [-0.39, 0.29) is 12.3 Å². The Morgan fingerprint density at radius 1 is 1.33 bits per heavy atom. The quantitative estimate of drug-likeness (QED) is 0.803. The molecule has 1 aromatic rings. The van der Waals surface area contributed by atoms with E-state index < -0.39 is 18.2 Å². The largest absolute Gasteiger partial charge is 0.467 e. The highest BCUT2D eigenvalue weighted by Crippen LogP contribution is 2.10. The molecular formula is C13H16FNO3. The van der Waals surface area contributed by atoms with Crippen LogP contribution < -0.4 is 5.32 Å². The fourth-order valence-corrected chi connectivity index (χ4v) is 1.63. The van der Waals surface area contributed by atoms with Crippen molar-refractivity contribution < 1.29 is 18.7 Å². The molecular weight excluding hydrogens is 237 g/mol. The number of esters is 1.